The fraction of sp³-hybridized carbons (Fsp3) is 0.545. The maximum Gasteiger partial charge on any atom is 0.239 e. The predicted octanol–water partition coefficient (Wildman–Crippen LogP) is 0.986. The molecular weight excluding hydrogens is 237 g/mol. The Morgan fingerprint density at radius 3 is 2.83 bits per heavy atom. The lowest BCUT2D eigenvalue weighted by atomic mass is 10.4. The Kier molecular flexibility index (Phi) is 5.83. The topological polar surface area (TPSA) is 78.9 Å². The van der Waals surface area contributed by atoms with Gasteiger partial charge in [-0.3, -0.25) is 4.79 Å². The molecule has 0 radical (unpaired) electrons. The highest BCUT2D eigenvalue weighted by molar-refractivity contribution is 5.80. The second kappa shape index (κ2) is 7.41. The van der Waals surface area contributed by atoms with E-state index in [9.17, 15) is 9.18 Å². The van der Waals surface area contributed by atoms with Crippen molar-refractivity contribution in [3.05, 3.63) is 12.0 Å². The van der Waals surface area contributed by atoms with Crippen molar-refractivity contribution in [2.24, 2.45) is 0 Å². The molecule has 0 saturated carbocycles. The van der Waals surface area contributed by atoms with Crippen LogP contribution in [0.3, 0.4) is 0 Å². The molecule has 1 aromatic rings. The third-order valence-electron chi connectivity index (χ3n) is 2.07. The van der Waals surface area contributed by atoms with Crippen LogP contribution in [0.2, 0.25) is 0 Å². The third-order valence-corrected chi connectivity index (χ3v) is 2.07. The predicted molar refractivity (Wildman–Crippen MR) is 67.9 cm³/mol. The van der Waals surface area contributed by atoms with Crippen molar-refractivity contribution in [3.63, 3.8) is 0 Å². The number of hydrogen-bond acceptors (Lipinski definition) is 5. The van der Waals surface area contributed by atoms with Crippen molar-refractivity contribution in [3.8, 4) is 0 Å². The van der Waals surface area contributed by atoms with Crippen LogP contribution in [0.25, 0.3) is 0 Å². The highest BCUT2D eigenvalue weighted by atomic mass is 19.1. The van der Waals surface area contributed by atoms with Crippen molar-refractivity contribution in [1.82, 2.24) is 15.3 Å². The number of likely N-dealkylation sites (N-methyl/N-ethyl adjacent to an activating group) is 1. The van der Waals surface area contributed by atoms with Crippen molar-refractivity contribution in [1.29, 1.82) is 0 Å². The molecule has 0 aliphatic rings. The van der Waals surface area contributed by atoms with Gasteiger partial charge in [-0.15, -0.1) is 0 Å². The molecule has 0 aliphatic heterocycles. The number of anilines is 2. The van der Waals surface area contributed by atoms with Gasteiger partial charge in [-0.05, 0) is 13.3 Å². The summed E-state index contributed by atoms with van der Waals surface area (Å²) >= 11 is 0. The van der Waals surface area contributed by atoms with Crippen LogP contribution >= 0.6 is 0 Å². The SMILES string of the molecule is CCCNc1ncc(F)c(NCC(=O)NCC)n1. The molecule has 0 unspecified atom stereocenters. The third kappa shape index (κ3) is 4.52. The second-order valence-electron chi connectivity index (χ2n) is 3.62. The van der Waals surface area contributed by atoms with Gasteiger partial charge in [0.2, 0.25) is 11.9 Å². The van der Waals surface area contributed by atoms with Crippen LogP contribution in [0, 0.1) is 5.82 Å². The molecule has 1 amide bonds. The van der Waals surface area contributed by atoms with Gasteiger partial charge >= 0.3 is 0 Å². The summed E-state index contributed by atoms with van der Waals surface area (Å²) in [6.45, 7) is 5.05. The van der Waals surface area contributed by atoms with E-state index in [1.165, 1.54) is 0 Å². The lowest BCUT2D eigenvalue weighted by Crippen LogP contribution is -2.30. The number of hydrogen-bond donors (Lipinski definition) is 3. The molecular formula is C11H18FN5O. The summed E-state index contributed by atoms with van der Waals surface area (Å²) in [5, 5.41) is 8.18. The highest BCUT2D eigenvalue weighted by Gasteiger charge is 2.08. The number of nitrogens with one attached hydrogen (secondary N) is 3. The zero-order valence-electron chi connectivity index (χ0n) is 10.6. The van der Waals surface area contributed by atoms with Crippen molar-refractivity contribution >= 4 is 17.7 Å². The largest absolute Gasteiger partial charge is 0.358 e. The van der Waals surface area contributed by atoms with Gasteiger partial charge in [0.25, 0.3) is 0 Å². The molecule has 0 aromatic carbocycles. The van der Waals surface area contributed by atoms with Crippen LogP contribution in [0.5, 0.6) is 0 Å². The minimum absolute atomic E-state index is 0.0189. The minimum Gasteiger partial charge on any atom is -0.358 e. The molecule has 1 heterocycles. The monoisotopic (exact) mass is 255 g/mol. The van der Waals surface area contributed by atoms with Gasteiger partial charge in [-0.2, -0.15) is 4.98 Å². The number of carbonyl (C=O) groups is 1. The van der Waals surface area contributed by atoms with E-state index in [0.29, 0.717) is 19.0 Å². The normalized spacial score (nSPS) is 9.94. The fourth-order valence-corrected chi connectivity index (χ4v) is 1.24. The van der Waals surface area contributed by atoms with Crippen LogP contribution < -0.4 is 16.0 Å². The maximum absolute atomic E-state index is 13.4. The molecule has 6 nitrogen and oxygen atoms in total. The molecule has 0 aliphatic carbocycles. The molecule has 0 spiro atoms. The zero-order valence-corrected chi connectivity index (χ0v) is 10.6. The van der Waals surface area contributed by atoms with E-state index in [-0.39, 0.29) is 18.3 Å². The van der Waals surface area contributed by atoms with Crippen LogP contribution in [-0.2, 0) is 4.79 Å². The van der Waals surface area contributed by atoms with E-state index >= 15 is 0 Å². The first kappa shape index (κ1) is 14.1. The summed E-state index contributed by atoms with van der Waals surface area (Å²) in [5.74, 6) is -0.425. The molecule has 1 rings (SSSR count). The summed E-state index contributed by atoms with van der Waals surface area (Å²) in [5.41, 5.74) is 0. The number of amides is 1. The van der Waals surface area contributed by atoms with Crippen LogP contribution in [0.15, 0.2) is 6.20 Å². The average molecular weight is 255 g/mol. The Hall–Kier alpha value is -1.92. The Bertz CT molecular complexity index is 399. The molecule has 0 atom stereocenters. The molecule has 3 N–H and O–H groups in total. The standard InChI is InChI=1S/C11H18FN5O/c1-3-5-14-11-16-6-8(12)10(17-11)15-7-9(18)13-4-2/h6H,3-5,7H2,1-2H3,(H,13,18)(H2,14,15,16,17). The molecule has 0 bridgehead atoms. The van der Waals surface area contributed by atoms with E-state index in [1.807, 2.05) is 13.8 Å². The van der Waals surface area contributed by atoms with Crippen molar-refractivity contribution in [2.45, 2.75) is 20.3 Å². The molecule has 18 heavy (non-hydrogen) atoms. The van der Waals surface area contributed by atoms with Gasteiger partial charge in [0.1, 0.15) is 0 Å². The number of nitrogens with zero attached hydrogens (tertiary/aromatic N) is 2. The molecule has 100 valence electrons. The van der Waals surface area contributed by atoms with Crippen LogP contribution in [0.1, 0.15) is 20.3 Å². The Labute approximate surface area is 105 Å². The maximum atomic E-state index is 13.4. The van der Waals surface area contributed by atoms with Gasteiger partial charge in [0, 0.05) is 13.1 Å². The summed E-state index contributed by atoms with van der Waals surface area (Å²) in [7, 11) is 0. The van der Waals surface area contributed by atoms with Gasteiger partial charge in [0.05, 0.1) is 12.7 Å². The average Bonchev–Trinajstić information content (AvgIpc) is 2.36. The molecule has 1 aromatic heterocycles. The Balaban J connectivity index is 2.60. The Morgan fingerprint density at radius 2 is 2.17 bits per heavy atom. The summed E-state index contributed by atoms with van der Waals surface area (Å²) in [6, 6.07) is 0. The number of rotatable bonds is 7. The van der Waals surface area contributed by atoms with E-state index in [4.69, 9.17) is 0 Å². The number of carbonyl (C=O) groups excluding carboxylic acids is 1. The number of aromatic nitrogens is 2. The van der Waals surface area contributed by atoms with E-state index in [0.717, 1.165) is 12.6 Å². The van der Waals surface area contributed by atoms with Crippen molar-refractivity contribution < 1.29 is 9.18 Å². The highest BCUT2D eigenvalue weighted by Crippen LogP contribution is 2.11. The van der Waals surface area contributed by atoms with E-state index in [1.54, 1.807) is 0 Å². The van der Waals surface area contributed by atoms with Crippen LogP contribution in [0.4, 0.5) is 16.2 Å². The van der Waals surface area contributed by atoms with Crippen LogP contribution in [-0.4, -0.2) is 35.5 Å². The van der Waals surface area contributed by atoms with E-state index in [2.05, 4.69) is 25.9 Å². The first-order valence-electron chi connectivity index (χ1n) is 5.94. The van der Waals surface area contributed by atoms with Gasteiger partial charge in [-0.1, -0.05) is 6.92 Å². The van der Waals surface area contributed by atoms with Crippen molar-refractivity contribution in [2.75, 3.05) is 30.3 Å². The van der Waals surface area contributed by atoms with Gasteiger partial charge in [-0.25, -0.2) is 9.37 Å². The molecule has 0 saturated heterocycles. The first-order chi connectivity index (χ1) is 8.67. The zero-order chi connectivity index (χ0) is 13.4. The lowest BCUT2D eigenvalue weighted by Gasteiger charge is -2.08. The molecule has 0 fully saturated rings. The molecule has 7 heteroatoms. The van der Waals surface area contributed by atoms with Gasteiger partial charge in [0.15, 0.2) is 11.6 Å². The second-order valence-corrected chi connectivity index (χ2v) is 3.62. The van der Waals surface area contributed by atoms with Gasteiger partial charge < -0.3 is 16.0 Å². The first-order valence-corrected chi connectivity index (χ1v) is 5.94. The minimum atomic E-state index is -0.582. The number of halogens is 1. The summed E-state index contributed by atoms with van der Waals surface area (Å²) in [6.07, 6.45) is 1.99. The van der Waals surface area contributed by atoms with E-state index < -0.39 is 5.82 Å². The summed E-state index contributed by atoms with van der Waals surface area (Å²) < 4.78 is 13.4. The summed E-state index contributed by atoms with van der Waals surface area (Å²) in [4.78, 5) is 19.0. The quantitative estimate of drug-likeness (QED) is 0.677. The fourth-order valence-electron chi connectivity index (χ4n) is 1.24. The smallest absolute Gasteiger partial charge is 0.239 e. The Morgan fingerprint density at radius 1 is 1.39 bits per heavy atom. The lowest BCUT2D eigenvalue weighted by molar-refractivity contribution is -0.119.